The van der Waals surface area contributed by atoms with Crippen LogP contribution in [0.25, 0.3) is 0 Å². The molecule has 4 amide bonds. The Morgan fingerprint density at radius 1 is 0.897 bits per heavy atom. The normalized spacial score (nSPS) is 13.1. The van der Waals surface area contributed by atoms with Crippen molar-refractivity contribution >= 4 is 29.5 Å². The lowest BCUT2D eigenvalue weighted by Gasteiger charge is -2.43. The first kappa shape index (κ1) is 31.3. The van der Waals surface area contributed by atoms with E-state index in [0.717, 1.165) is 11.1 Å². The Labute approximate surface area is 231 Å². The van der Waals surface area contributed by atoms with Gasteiger partial charge in [0.05, 0.1) is 0 Å². The molecule has 4 N–H and O–H groups in total. The van der Waals surface area contributed by atoms with E-state index in [9.17, 15) is 19.2 Å². The largest absolute Gasteiger partial charge is 0.444 e. The van der Waals surface area contributed by atoms with Gasteiger partial charge in [-0.1, -0.05) is 48.5 Å². The zero-order chi connectivity index (χ0) is 29.5. The molecule has 0 bridgehead atoms. The van der Waals surface area contributed by atoms with Crippen LogP contribution in [0.2, 0.25) is 0 Å². The Kier molecular flexibility index (Phi) is 10.3. The SMILES string of the molecule is Cc1cccc(C)c1NC(=O)C(c1ccccc1)N(C(=O)C(CCC(N)=O)NC(=O)OC(C)(C)C)C(C)(C)C. The number of nitrogens with one attached hydrogen (secondary N) is 2. The summed E-state index contributed by atoms with van der Waals surface area (Å²) in [7, 11) is 0. The summed E-state index contributed by atoms with van der Waals surface area (Å²) in [4.78, 5) is 54.0. The van der Waals surface area contributed by atoms with Crippen molar-refractivity contribution in [2.75, 3.05) is 5.32 Å². The van der Waals surface area contributed by atoms with Crippen LogP contribution in [0, 0.1) is 13.8 Å². The van der Waals surface area contributed by atoms with Gasteiger partial charge in [-0.05, 0) is 78.5 Å². The number of amides is 4. The summed E-state index contributed by atoms with van der Waals surface area (Å²) in [6.07, 6.45) is -1.01. The molecular formula is C30H42N4O5. The monoisotopic (exact) mass is 538 g/mol. The maximum absolute atomic E-state index is 14.2. The first-order valence-corrected chi connectivity index (χ1v) is 13.0. The molecule has 0 saturated carbocycles. The first-order valence-electron chi connectivity index (χ1n) is 13.0. The maximum atomic E-state index is 14.2. The van der Waals surface area contributed by atoms with Gasteiger partial charge in [0.15, 0.2) is 0 Å². The molecule has 0 heterocycles. The topological polar surface area (TPSA) is 131 Å². The number of rotatable bonds is 9. The minimum absolute atomic E-state index is 0.0555. The molecule has 0 radical (unpaired) electrons. The van der Waals surface area contributed by atoms with Crippen LogP contribution in [0.4, 0.5) is 10.5 Å². The van der Waals surface area contributed by atoms with E-state index in [1.165, 1.54) is 4.90 Å². The van der Waals surface area contributed by atoms with Gasteiger partial charge in [-0.25, -0.2) is 4.79 Å². The third-order valence-corrected chi connectivity index (χ3v) is 5.98. The molecule has 2 aromatic carbocycles. The molecule has 0 aliphatic heterocycles. The zero-order valence-electron chi connectivity index (χ0n) is 24.3. The number of nitrogens with zero attached hydrogens (tertiary/aromatic N) is 1. The lowest BCUT2D eigenvalue weighted by Crippen LogP contribution is -2.58. The number of primary amides is 1. The number of aryl methyl sites for hydroxylation is 2. The molecule has 0 aliphatic rings. The number of nitrogens with two attached hydrogens (primary N) is 1. The van der Waals surface area contributed by atoms with Crippen LogP contribution in [0.3, 0.4) is 0 Å². The van der Waals surface area contributed by atoms with Crippen LogP contribution in [-0.4, -0.2) is 45.9 Å². The molecule has 0 saturated heterocycles. The van der Waals surface area contributed by atoms with Crippen molar-refractivity contribution in [3.8, 4) is 0 Å². The standard InChI is InChI=1S/C30H42N4O5/c1-19-13-12-14-20(2)24(19)33-26(36)25(21-15-10-9-11-16-21)34(29(3,4)5)27(37)22(17-18-23(31)35)32-28(38)39-30(6,7)8/h9-16,22,25H,17-18H2,1-8H3,(H2,31,35)(H,32,38)(H,33,36). The number of hydrogen-bond acceptors (Lipinski definition) is 5. The van der Waals surface area contributed by atoms with Crippen LogP contribution >= 0.6 is 0 Å². The molecule has 2 atom stereocenters. The van der Waals surface area contributed by atoms with Crippen LogP contribution in [0.1, 0.15) is 77.1 Å². The second-order valence-electron chi connectivity index (χ2n) is 11.7. The predicted octanol–water partition coefficient (Wildman–Crippen LogP) is 4.77. The smallest absolute Gasteiger partial charge is 0.408 e. The fourth-order valence-electron chi connectivity index (χ4n) is 4.26. The molecule has 2 aromatic rings. The van der Waals surface area contributed by atoms with Crippen molar-refractivity contribution in [2.45, 2.75) is 91.5 Å². The van der Waals surface area contributed by atoms with Crippen molar-refractivity contribution in [3.63, 3.8) is 0 Å². The van der Waals surface area contributed by atoms with Crippen molar-refractivity contribution < 1.29 is 23.9 Å². The molecule has 39 heavy (non-hydrogen) atoms. The third-order valence-electron chi connectivity index (χ3n) is 5.98. The lowest BCUT2D eigenvalue weighted by molar-refractivity contribution is -0.147. The minimum Gasteiger partial charge on any atom is -0.444 e. The molecule has 2 unspecified atom stereocenters. The summed E-state index contributed by atoms with van der Waals surface area (Å²) < 4.78 is 5.37. The summed E-state index contributed by atoms with van der Waals surface area (Å²) >= 11 is 0. The van der Waals surface area contributed by atoms with Gasteiger partial charge in [-0.2, -0.15) is 0 Å². The molecule has 0 aliphatic carbocycles. The average Bonchev–Trinajstić information content (AvgIpc) is 2.80. The highest BCUT2D eigenvalue weighted by Gasteiger charge is 2.42. The van der Waals surface area contributed by atoms with Crippen molar-refractivity contribution in [3.05, 3.63) is 65.2 Å². The highest BCUT2D eigenvalue weighted by Crippen LogP contribution is 2.32. The van der Waals surface area contributed by atoms with E-state index in [2.05, 4.69) is 10.6 Å². The van der Waals surface area contributed by atoms with E-state index < -0.39 is 47.0 Å². The first-order chi connectivity index (χ1) is 18.0. The van der Waals surface area contributed by atoms with Gasteiger partial charge >= 0.3 is 6.09 Å². The van der Waals surface area contributed by atoms with E-state index in [0.29, 0.717) is 11.3 Å². The number of hydrogen-bond donors (Lipinski definition) is 3. The van der Waals surface area contributed by atoms with E-state index >= 15 is 0 Å². The molecule has 9 heteroatoms. The van der Waals surface area contributed by atoms with Crippen LogP contribution in [0.15, 0.2) is 48.5 Å². The van der Waals surface area contributed by atoms with Crippen molar-refractivity contribution in [1.29, 1.82) is 0 Å². The molecule has 9 nitrogen and oxygen atoms in total. The second-order valence-corrected chi connectivity index (χ2v) is 11.7. The van der Waals surface area contributed by atoms with E-state index in [1.807, 2.05) is 58.9 Å². The Balaban J connectivity index is 2.59. The molecule has 212 valence electrons. The third kappa shape index (κ3) is 9.12. The fourth-order valence-corrected chi connectivity index (χ4v) is 4.26. The molecule has 2 rings (SSSR count). The van der Waals surface area contributed by atoms with Gasteiger partial charge in [0.25, 0.3) is 5.91 Å². The summed E-state index contributed by atoms with van der Waals surface area (Å²) in [6, 6.07) is 12.5. The quantitative estimate of drug-likeness (QED) is 0.423. The van der Waals surface area contributed by atoms with Crippen molar-refractivity contribution in [1.82, 2.24) is 10.2 Å². The Morgan fingerprint density at radius 2 is 1.46 bits per heavy atom. The number of benzene rings is 2. The fraction of sp³-hybridized carbons (Fsp3) is 0.467. The van der Waals surface area contributed by atoms with Gasteiger partial charge in [-0.15, -0.1) is 0 Å². The number of anilines is 1. The second kappa shape index (κ2) is 12.8. The van der Waals surface area contributed by atoms with E-state index in [-0.39, 0.29) is 12.8 Å². The predicted molar refractivity (Wildman–Crippen MR) is 152 cm³/mol. The van der Waals surface area contributed by atoms with E-state index in [1.54, 1.807) is 45.0 Å². The Morgan fingerprint density at radius 3 is 1.95 bits per heavy atom. The van der Waals surface area contributed by atoms with E-state index in [4.69, 9.17) is 10.5 Å². The van der Waals surface area contributed by atoms with Gasteiger partial charge in [0.1, 0.15) is 17.7 Å². The number of carbonyl (C=O) groups is 4. The maximum Gasteiger partial charge on any atom is 0.408 e. The van der Waals surface area contributed by atoms with Crippen LogP contribution in [-0.2, 0) is 19.1 Å². The molecular weight excluding hydrogens is 496 g/mol. The molecule has 0 aromatic heterocycles. The average molecular weight is 539 g/mol. The molecule has 0 spiro atoms. The van der Waals surface area contributed by atoms with Crippen molar-refractivity contribution in [2.24, 2.45) is 5.73 Å². The molecule has 0 fully saturated rings. The number of alkyl carbamates (subject to hydrolysis) is 1. The number of carbonyl (C=O) groups excluding carboxylic acids is 4. The number of para-hydroxylation sites is 1. The van der Waals surface area contributed by atoms with Crippen LogP contribution in [0.5, 0.6) is 0 Å². The Bertz CT molecular complexity index is 1160. The van der Waals surface area contributed by atoms with Gasteiger partial charge in [-0.3, -0.25) is 14.4 Å². The van der Waals surface area contributed by atoms with Gasteiger partial charge < -0.3 is 26.0 Å². The van der Waals surface area contributed by atoms with Crippen LogP contribution < -0.4 is 16.4 Å². The highest BCUT2D eigenvalue weighted by molar-refractivity contribution is 6.00. The lowest BCUT2D eigenvalue weighted by atomic mass is 9.94. The van der Waals surface area contributed by atoms with Gasteiger partial charge in [0.2, 0.25) is 11.8 Å². The highest BCUT2D eigenvalue weighted by atomic mass is 16.6. The summed E-state index contributed by atoms with van der Waals surface area (Å²) in [5.74, 6) is -1.57. The summed E-state index contributed by atoms with van der Waals surface area (Å²) in [5.41, 5.74) is 6.74. The zero-order valence-corrected chi connectivity index (χ0v) is 24.3. The van der Waals surface area contributed by atoms with Gasteiger partial charge in [0, 0.05) is 17.6 Å². The summed E-state index contributed by atoms with van der Waals surface area (Å²) in [6.45, 7) is 14.4. The minimum atomic E-state index is -1.16. The number of ether oxygens (including phenoxy) is 1. The summed E-state index contributed by atoms with van der Waals surface area (Å²) in [5, 5.41) is 5.63. The Hall–Kier alpha value is -3.88.